The zero-order chi connectivity index (χ0) is 13.3. The molecular formula is C12H11F3N2S. The fourth-order valence-corrected chi connectivity index (χ4v) is 2.46. The van der Waals surface area contributed by atoms with Gasteiger partial charge in [0.1, 0.15) is 0 Å². The second kappa shape index (κ2) is 4.70. The summed E-state index contributed by atoms with van der Waals surface area (Å²) in [4.78, 5) is 3.93. The van der Waals surface area contributed by atoms with E-state index in [4.69, 9.17) is 5.73 Å². The van der Waals surface area contributed by atoms with Gasteiger partial charge in [0.15, 0.2) is 5.01 Å². The first-order valence-corrected chi connectivity index (χ1v) is 6.06. The van der Waals surface area contributed by atoms with Gasteiger partial charge in [0.05, 0.1) is 4.88 Å². The third kappa shape index (κ3) is 2.54. The van der Waals surface area contributed by atoms with E-state index >= 15 is 0 Å². The van der Waals surface area contributed by atoms with Crippen molar-refractivity contribution in [1.82, 2.24) is 4.98 Å². The first kappa shape index (κ1) is 13.0. The lowest BCUT2D eigenvalue weighted by Crippen LogP contribution is -2.02. The molecule has 0 aliphatic heterocycles. The molecular weight excluding hydrogens is 261 g/mol. The molecule has 0 bridgehead atoms. The van der Waals surface area contributed by atoms with E-state index < -0.39 is 11.2 Å². The molecule has 0 saturated carbocycles. The molecule has 2 rings (SSSR count). The maximum atomic E-state index is 12.5. The maximum Gasteiger partial charge on any atom is 0.443 e. The Balaban J connectivity index is 2.45. The van der Waals surface area contributed by atoms with Gasteiger partial charge in [0, 0.05) is 12.7 Å². The number of alkyl halides is 3. The molecule has 1 aromatic carbocycles. The lowest BCUT2D eigenvalue weighted by molar-refractivity contribution is -0.137. The monoisotopic (exact) mass is 272 g/mol. The predicted molar refractivity (Wildman–Crippen MR) is 65.2 cm³/mol. The van der Waals surface area contributed by atoms with Crippen molar-refractivity contribution >= 4 is 11.3 Å². The summed E-state index contributed by atoms with van der Waals surface area (Å²) in [5, 5.41) is -0.824. The van der Waals surface area contributed by atoms with Crippen LogP contribution in [0.2, 0.25) is 0 Å². The van der Waals surface area contributed by atoms with Gasteiger partial charge in [-0.3, -0.25) is 0 Å². The van der Waals surface area contributed by atoms with E-state index in [1.807, 2.05) is 25.1 Å². The molecule has 0 aliphatic carbocycles. The standard InChI is InChI=1S/C12H11F3N2S/c1-7-2-3-8(5-16)4-9(7)10-6-17-11(18-10)12(13,14)15/h2-4,6H,5,16H2,1H3. The van der Waals surface area contributed by atoms with Gasteiger partial charge in [-0.05, 0) is 29.7 Å². The molecule has 0 unspecified atom stereocenters. The van der Waals surface area contributed by atoms with Crippen LogP contribution in [0.5, 0.6) is 0 Å². The lowest BCUT2D eigenvalue weighted by Gasteiger charge is -2.05. The summed E-state index contributed by atoms with van der Waals surface area (Å²) < 4.78 is 37.5. The van der Waals surface area contributed by atoms with Crippen LogP contribution in [0.3, 0.4) is 0 Å². The number of aryl methyl sites for hydroxylation is 1. The fraction of sp³-hybridized carbons (Fsp3) is 0.250. The minimum atomic E-state index is -4.39. The highest BCUT2D eigenvalue weighted by Crippen LogP contribution is 2.37. The van der Waals surface area contributed by atoms with Crippen LogP contribution in [0, 0.1) is 6.92 Å². The number of aromatic nitrogens is 1. The van der Waals surface area contributed by atoms with E-state index in [0.717, 1.165) is 16.7 Å². The van der Waals surface area contributed by atoms with Crippen LogP contribution in [0.1, 0.15) is 16.1 Å². The van der Waals surface area contributed by atoms with Crippen LogP contribution in [0.15, 0.2) is 24.4 Å². The average Bonchev–Trinajstić information content (AvgIpc) is 2.78. The van der Waals surface area contributed by atoms with E-state index in [2.05, 4.69) is 4.98 Å². The summed E-state index contributed by atoms with van der Waals surface area (Å²) in [6.07, 6.45) is -3.13. The summed E-state index contributed by atoms with van der Waals surface area (Å²) in [5.41, 5.74) is 8.08. The lowest BCUT2D eigenvalue weighted by atomic mass is 10.0. The predicted octanol–water partition coefficient (Wildman–Crippen LogP) is 3.60. The molecule has 0 aliphatic rings. The smallest absolute Gasteiger partial charge is 0.326 e. The fourth-order valence-electron chi connectivity index (χ4n) is 1.59. The van der Waals surface area contributed by atoms with Crippen LogP contribution < -0.4 is 5.73 Å². The Morgan fingerprint density at radius 3 is 2.61 bits per heavy atom. The van der Waals surface area contributed by atoms with Crippen molar-refractivity contribution in [1.29, 1.82) is 0 Å². The molecule has 0 amide bonds. The molecule has 0 atom stereocenters. The Morgan fingerprint density at radius 1 is 1.33 bits per heavy atom. The number of nitrogens with two attached hydrogens (primary N) is 1. The number of nitrogens with zero attached hydrogens (tertiary/aromatic N) is 1. The van der Waals surface area contributed by atoms with Gasteiger partial charge < -0.3 is 5.73 Å². The first-order chi connectivity index (χ1) is 8.41. The van der Waals surface area contributed by atoms with Crippen molar-refractivity contribution in [2.24, 2.45) is 5.73 Å². The van der Waals surface area contributed by atoms with Gasteiger partial charge in [-0.2, -0.15) is 13.2 Å². The average molecular weight is 272 g/mol. The molecule has 96 valence electrons. The number of halogens is 3. The second-order valence-electron chi connectivity index (χ2n) is 3.88. The summed E-state index contributed by atoms with van der Waals surface area (Å²) in [5.74, 6) is 0. The minimum absolute atomic E-state index is 0.359. The van der Waals surface area contributed by atoms with Crippen molar-refractivity contribution < 1.29 is 13.2 Å². The molecule has 6 heteroatoms. The summed E-state index contributed by atoms with van der Waals surface area (Å²) in [6.45, 7) is 2.21. The van der Waals surface area contributed by atoms with Crippen molar-refractivity contribution in [2.45, 2.75) is 19.6 Å². The SMILES string of the molecule is Cc1ccc(CN)cc1-c1cnc(C(F)(F)F)s1. The highest BCUT2D eigenvalue weighted by molar-refractivity contribution is 7.15. The Kier molecular flexibility index (Phi) is 3.41. The first-order valence-electron chi connectivity index (χ1n) is 5.25. The summed E-state index contributed by atoms with van der Waals surface area (Å²) in [6, 6.07) is 5.53. The number of rotatable bonds is 2. The number of hydrogen-bond acceptors (Lipinski definition) is 3. The zero-order valence-corrected chi connectivity index (χ0v) is 10.4. The number of thiazole rings is 1. The highest BCUT2D eigenvalue weighted by atomic mass is 32.1. The zero-order valence-electron chi connectivity index (χ0n) is 9.58. The number of hydrogen-bond donors (Lipinski definition) is 1. The van der Waals surface area contributed by atoms with Gasteiger partial charge in [-0.1, -0.05) is 12.1 Å². The van der Waals surface area contributed by atoms with E-state index in [1.54, 1.807) is 0 Å². The Labute approximate surface area is 106 Å². The van der Waals surface area contributed by atoms with Crippen molar-refractivity contribution in [3.05, 3.63) is 40.5 Å². The molecule has 0 fully saturated rings. The van der Waals surface area contributed by atoms with E-state index in [0.29, 0.717) is 22.8 Å². The van der Waals surface area contributed by atoms with Crippen molar-refractivity contribution in [3.8, 4) is 10.4 Å². The third-order valence-corrected chi connectivity index (χ3v) is 3.63. The van der Waals surface area contributed by atoms with E-state index in [9.17, 15) is 13.2 Å². The number of benzene rings is 1. The van der Waals surface area contributed by atoms with Gasteiger partial charge in [0.25, 0.3) is 0 Å². The van der Waals surface area contributed by atoms with Gasteiger partial charge in [-0.25, -0.2) is 4.98 Å². The van der Waals surface area contributed by atoms with Gasteiger partial charge >= 0.3 is 6.18 Å². The van der Waals surface area contributed by atoms with Crippen molar-refractivity contribution in [3.63, 3.8) is 0 Å². The molecule has 2 nitrogen and oxygen atoms in total. The minimum Gasteiger partial charge on any atom is -0.326 e. The molecule has 0 saturated heterocycles. The van der Waals surface area contributed by atoms with Crippen LogP contribution in [-0.4, -0.2) is 4.98 Å². The van der Waals surface area contributed by atoms with Crippen molar-refractivity contribution in [2.75, 3.05) is 0 Å². The van der Waals surface area contributed by atoms with Gasteiger partial charge in [-0.15, -0.1) is 11.3 Å². The maximum absolute atomic E-state index is 12.5. The Hall–Kier alpha value is -1.40. The highest BCUT2D eigenvalue weighted by Gasteiger charge is 2.34. The van der Waals surface area contributed by atoms with Gasteiger partial charge in [0.2, 0.25) is 0 Å². The molecule has 2 N–H and O–H groups in total. The molecule has 0 radical (unpaired) electrons. The molecule has 1 aromatic heterocycles. The van der Waals surface area contributed by atoms with E-state index in [1.165, 1.54) is 6.20 Å². The summed E-state index contributed by atoms with van der Waals surface area (Å²) in [7, 11) is 0. The second-order valence-corrected chi connectivity index (χ2v) is 4.91. The summed E-state index contributed by atoms with van der Waals surface area (Å²) >= 11 is 0.649. The molecule has 18 heavy (non-hydrogen) atoms. The van der Waals surface area contributed by atoms with Crippen LogP contribution in [-0.2, 0) is 12.7 Å². The molecule has 2 aromatic rings. The Bertz CT molecular complexity index is 561. The van der Waals surface area contributed by atoms with Crippen LogP contribution in [0.4, 0.5) is 13.2 Å². The quantitative estimate of drug-likeness (QED) is 0.907. The topological polar surface area (TPSA) is 38.9 Å². The largest absolute Gasteiger partial charge is 0.443 e. The molecule has 1 heterocycles. The third-order valence-electron chi connectivity index (χ3n) is 2.55. The van der Waals surface area contributed by atoms with Crippen LogP contribution in [0.25, 0.3) is 10.4 Å². The normalized spacial score (nSPS) is 11.8. The molecule has 0 spiro atoms. The van der Waals surface area contributed by atoms with Crippen LogP contribution >= 0.6 is 11.3 Å². The Morgan fingerprint density at radius 2 is 2.06 bits per heavy atom. The van der Waals surface area contributed by atoms with E-state index in [-0.39, 0.29) is 0 Å².